The number of aromatic nitrogens is 3. The summed E-state index contributed by atoms with van der Waals surface area (Å²) in [6.07, 6.45) is 3.72. The Morgan fingerprint density at radius 3 is 1.96 bits per heavy atom. The van der Waals surface area contributed by atoms with Gasteiger partial charge in [-0.2, -0.15) is 0 Å². The van der Waals surface area contributed by atoms with E-state index in [-0.39, 0.29) is 0 Å². The number of thiophene rings is 1. The van der Waals surface area contributed by atoms with Crippen LogP contribution in [0.15, 0.2) is 188 Å². The van der Waals surface area contributed by atoms with Gasteiger partial charge in [-0.3, -0.25) is 4.98 Å². The first-order valence-electron chi connectivity index (χ1n) is 17.7. The van der Waals surface area contributed by atoms with Gasteiger partial charge in [0.05, 0.1) is 11.4 Å². The molecule has 0 saturated carbocycles. The molecule has 4 heteroatoms. The van der Waals surface area contributed by atoms with Crippen molar-refractivity contribution in [3.05, 3.63) is 188 Å². The Bertz CT molecular complexity index is 2950. The fourth-order valence-electron chi connectivity index (χ4n) is 7.37. The molecule has 0 spiro atoms. The molecule has 0 N–H and O–H groups in total. The normalized spacial score (nSPS) is 11.4. The van der Waals surface area contributed by atoms with E-state index >= 15 is 0 Å². The number of benzene rings is 7. The van der Waals surface area contributed by atoms with Crippen LogP contribution in [0, 0.1) is 0 Å². The van der Waals surface area contributed by atoms with E-state index in [0.29, 0.717) is 5.82 Å². The number of nitrogens with zero attached hydrogens (tertiary/aromatic N) is 3. The molecule has 0 amide bonds. The average molecular weight is 694 g/mol. The molecule has 3 aromatic heterocycles. The van der Waals surface area contributed by atoms with E-state index in [4.69, 9.17) is 9.97 Å². The first-order chi connectivity index (χ1) is 26.2. The zero-order chi connectivity index (χ0) is 35.1. The molecule has 10 aromatic rings. The van der Waals surface area contributed by atoms with Crippen LogP contribution in [0.25, 0.3) is 98.2 Å². The summed E-state index contributed by atoms with van der Waals surface area (Å²) in [6.45, 7) is 0. The number of hydrogen-bond acceptors (Lipinski definition) is 4. The second-order valence-electron chi connectivity index (χ2n) is 13.3. The Kier molecular flexibility index (Phi) is 7.67. The van der Waals surface area contributed by atoms with Gasteiger partial charge in [0.25, 0.3) is 0 Å². The molecular weight excluding hydrogens is 663 g/mol. The van der Waals surface area contributed by atoms with Gasteiger partial charge in [-0.15, -0.1) is 11.3 Å². The van der Waals surface area contributed by atoms with Gasteiger partial charge in [-0.1, -0.05) is 133 Å². The van der Waals surface area contributed by atoms with Crippen LogP contribution >= 0.6 is 11.3 Å². The maximum Gasteiger partial charge on any atom is 0.160 e. The van der Waals surface area contributed by atoms with E-state index < -0.39 is 0 Å². The SMILES string of the molecule is c1ccc(-c2nc(-c3cc(-c4ccc5ccccc5c4)cc(-c4cccc5c4sc4ccccc45)c3)cc(-c3ccccc3-c3cccnc3)n2)cc1. The topological polar surface area (TPSA) is 38.7 Å². The van der Waals surface area contributed by atoms with E-state index in [1.54, 1.807) is 0 Å². The zero-order valence-electron chi connectivity index (χ0n) is 28.6. The largest absolute Gasteiger partial charge is 0.264 e. The van der Waals surface area contributed by atoms with Crippen molar-refractivity contribution in [2.24, 2.45) is 0 Å². The molecule has 53 heavy (non-hydrogen) atoms. The molecule has 0 atom stereocenters. The van der Waals surface area contributed by atoms with Crippen molar-refractivity contribution in [1.82, 2.24) is 15.0 Å². The van der Waals surface area contributed by atoms with Crippen LogP contribution in [0.2, 0.25) is 0 Å². The first-order valence-corrected chi connectivity index (χ1v) is 18.6. The van der Waals surface area contributed by atoms with Crippen LogP contribution in [-0.2, 0) is 0 Å². The Morgan fingerprint density at radius 1 is 0.377 bits per heavy atom. The van der Waals surface area contributed by atoms with Gasteiger partial charge in [0.2, 0.25) is 0 Å². The van der Waals surface area contributed by atoms with E-state index in [0.717, 1.165) is 55.9 Å². The van der Waals surface area contributed by atoms with Crippen molar-refractivity contribution in [3.63, 3.8) is 0 Å². The van der Waals surface area contributed by atoms with Gasteiger partial charge >= 0.3 is 0 Å². The third-order valence-electron chi connectivity index (χ3n) is 9.96. The van der Waals surface area contributed by atoms with Crippen LogP contribution in [0.5, 0.6) is 0 Å². The minimum absolute atomic E-state index is 0.684. The molecule has 3 nitrogen and oxygen atoms in total. The molecule has 7 aromatic carbocycles. The minimum Gasteiger partial charge on any atom is -0.264 e. The van der Waals surface area contributed by atoms with Crippen LogP contribution in [0.1, 0.15) is 0 Å². The Balaban J connectivity index is 1.23. The second kappa shape index (κ2) is 13.1. The highest BCUT2D eigenvalue weighted by Gasteiger charge is 2.17. The second-order valence-corrected chi connectivity index (χ2v) is 14.3. The first kappa shape index (κ1) is 31.0. The quantitative estimate of drug-likeness (QED) is 0.174. The predicted molar refractivity (Wildman–Crippen MR) is 223 cm³/mol. The monoisotopic (exact) mass is 693 g/mol. The van der Waals surface area contributed by atoms with E-state index in [1.165, 1.54) is 36.5 Å². The molecular formula is C49H31N3S. The van der Waals surface area contributed by atoms with E-state index in [1.807, 2.05) is 48.0 Å². The van der Waals surface area contributed by atoms with Crippen LogP contribution in [0.3, 0.4) is 0 Å². The summed E-state index contributed by atoms with van der Waals surface area (Å²) in [4.78, 5) is 14.9. The van der Waals surface area contributed by atoms with Crippen LogP contribution < -0.4 is 0 Å². The summed E-state index contributed by atoms with van der Waals surface area (Å²) >= 11 is 1.86. The van der Waals surface area contributed by atoms with E-state index in [9.17, 15) is 0 Å². The molecule has 0 aliphatic carbocycles. The van der Waals surface area contributed by atoms with Gasteiger partial charge in [0, 0.05) is 54.8 Å². The molecule has 0 fully saturated rings. The summed E-state index contributed by atoms with van der Waals surface area (Å²) in [6, 6.07) is 62.5. The summed E-state index contributed by atoms with van der Waals surface area (Å²) in [5, 5.41) is 5.01. The van der Waals surface area contributed by atoms with Gasteiger partial charge in [-0.25, -0.2) is 9.97 Å². The Morgan fingerprint density at radius 2 is 1.08 bits per heavy atom. The van der Waals surface area contributed by atoms with Crippen molar-refractivity contribution in [1.29, 1.82) is 0 Å². The summed E-state index contributed by atoms with van der Waals surface area (Å²) in [5.74, 6) is 0.684. The molecule has 10 rings (SSSR count). The lowest BCUT2D eigenvalue weighted by Gasteiger charge is -2.15. The maximum absolute atomic E-state index is 5.30. The van der Waals surface area contributed by atoms with Gasteiger partial charge in [-0.05, 0) is 81.1 Å². The summed E-state index contributed by atoms with van der Waals surface area (Å²) < 4.78 is 2.58. The fraction of sp³-hybridized carbons (Fsp3) is 0. The lowest BCUT2D eigenvalue weighted by atomic mass is 9.92. The standard InChI is InChI=1S/C49H31N3S/c1-2-13-33(14-3-1)49-51-45(30-46(52-49)42-18-7-6-17-40(42)36-16-11-25-50-31-36)39-28-37(35-24-23-32-12-4-5-15-34(32)26-35)27-38(29-39)41-20-10-21-44-43-19-8-9-22-47(43)53-48(41)44/h1-31H. The van der Waals surface area contributed by atoms with Gasteiger partial charge in [0.15, 0.2) is 5.82 Å². The minimum atomic E-state index is 0.684. The summed E-state index contributed by atoms with van der Waals surface area (Å²) in [7, 11) is 0. The average Bonchev–Trinajstić information content (AvgIpc) is 3.63. The zero-order valence-corrected chi connectivity index (χ0v) is 29.5. The fourth-order valence-corrected chi connectivity index (χ4v) is 8.61. The molecule has 0 saturated heterocycles. The number of fused-ring (bicyclic) bond motifs is 4. The molecule has 0 aliphatic heterocycles. The third kappa shape index (κ3) is 5.76. The van der Waals surface area contributed by atoms with Crippen molar-refractivity contribution < 1.29 is 0 Å². The smallest absolute Gasteiger partial charge is 0.160 e. The van der Waals surface area contributed by atoms with Crippen molar-refractivity contribution in [3.8, 4) is 67.3 Å². The van der Waals surface area contributed by atoms with Crippen LogP contribution in [0.4, 0.5) is 0 Å². The molecule has 248 valence electrons. The molecule has 0 radical (unpaired) electrons. The van der Waals surface area contributed by atoms with Gasteiger partial charge < -0.3 is 0 Å². The lowest BCUT2D eigenvalue weighted by molar-refractivity contribution is 1.18. The van der Waals surface area contributed by atoms with Crippen molar-refractivity contribution in [2.45, 2.75) is 0 Å². The highest BCUT2D eigenvalue weighted by atomic mass is 32.1. The Hall–Kier alpha value is -6.75. The summed E-state index contributed by atoms with van der Waals surface area (Å²) in [5.41, 5.74) is 11.5. The molecule has 0 bridgehead atoms. The van der Waals surface area contributed by atoms with E-state index in [2.05, 4.69) is 157 Å². The lowest BCUT2D eigenvalue weighted by Crippen LogP contribution is -1.97. The number of pyridine rings is 1. The molecule has 3 heterocycles. The molecule has 0 aliphatic rings. The Labute approximate surface area is 311 Å². The van der Waals surface area contributed by atoms with Crippen molar-refractivity contribution >= 4 is 42.3 Å². The van der Waals surface area contributed by atoms with Crippen LogP contribution in [-0.4, -0.2) is 15.0 Å². The number of hydrogen-bond donors (Lipinski definition) is 0. The molecule has 0 unspecified atom stereocenters. The highest BCUT2D eigenvalue weighted by Crippen LogP contribution is 2.43. The van der Waals surface area contributed by atoms with Crippen molar-refractivity contribution in [2.75, 3.05) is 0 Å². The van der Waals surface area contributed by atoms with Gasteiger partial charge in [0.1, 0.15) is 0 Å². The highest BCUT2D eigenvalue weighted by molar-refractivity contribution is 7.26. The predicted octanol–water partition coefficient (Wildman–Crippen LogP) is 13.4. The maximum atomic E-state index is 5.30. The third-order valence-corrected chi connectivity index (χ3v) is 11.2. The number of rotatable bonds is 6.